The van der Waals surface area contributed by atoms with Crippen LogP contribution in [0.4, 0.5) is 5.82 Å². The summed E-state index contributed by atoms with van der Waals surface area (Å²) in [5, 5.41) is 9.96. The first-order valence-corrected chi connectivity index (χ1v) is 12.6. The molecule has 0 saturated carbocycles. The highest BCUT2D eigenvalue weighted by molar-refractivity contribution is 7.89. The topological polar surface area (TPSA) is 104 Å². The van der Waals surface area contributed by atoms with E-state index in [0.29, 0.717) is 31.2 Å². The van der Waals surface area contributed by atoms with Gasteiger partial charge in [-0.1, -0.05) is 30.3 Å². The van der Waals surface area contributed by atoms with Gasteiger partial charge in [0.15, 0.2) is 5.82 Å². The van der Waals surface area contributed by atoms with Crippen LogP contribution in [0.25, 0.3) is 0 Å². The Morgan fingerprint density at radius 3 is 2.67 bits per heavy atom. The third kappa shape index (κ3) is 4.57. The van der Waals surface area contributed by atoms with Gasteiger partial charge in [0.2, 0.25) is 10.0 Å². The minimum Gasteiger partial charge on any atom is -0.381 e. The lowest BCUT2D eigenvalue weighted by molar-refractivity contribution is 0.0845. The number of hydrogen-bond acceptors (Lipinski definition) is 5. The minimum atomic E-state index is -3.72. The Balaban J connectivity index is 1.31. The lowest BCUT2D eigenvalue weighted by Gasteiger charge is -2.28. The van der Waals surface area contributed by atoms with Crippen molar-refractivity contribution in [3.63, 3.8) is 0 Å². The number of rotatable bonds is 5. The Morgan fingerprint density at radius 2 is 1.85 bits per heavy atom. The van der Waals surface area contributed by atoms with E-state index in [1.165, 1.54) is 22.0 Å². The predicted octanol–water partition coefficient (Wildman–Crippen LogP) is 3.30. The van der Waals surface area contributed by atoms with E-state index >= 15 is 0 Å². The van der Waals surface area contributed by atoms with Gasteiger partial charge in [0, 0.05) is 49.5 Å². The van der Waals surface area contributed by atoms with Crippen LogP contribution in [0.15, 0.2) is 59.5 Å². The molecule has 0 atom stereocenters. The molecule has 8 nitrogen and oxygen atoms in total. The van der Waals surface area contributed by atoms with Crippen molar-refractivity contribution in [2.45, 2.75) is 36.6 Å². The van der Waals surface area contributed by atoms with Gasteiger partial charge in [0.25, 0.3) is 5.91 Å². The molecule has 5 rings (SSSR count). The van der Waals surface area contributed by atoms with E-state index < -0.39 is 15.9 Å². The molecule has 1 fully saturated rings. The molecule has 2 aliphatic heterocycles. The van der Waals surface area contributed by atoms with E-state index in [4.69, 9.17) is 4.74 Å². The maximum absolute atomic E-state index is 13.3. The molecule has 1 amide bonds. The van der Waals surface area contributed by atoms with Gasteiger partial charge >= 0.3 is 0 Å². The molecule has 2 N–H and O–H groups in total. The number of carbonyl (C=O) groups is 1. The number of hydrogen-bond donors (Lipinski definition) is 2. The number of H-pyrrole nitrogens is 1. The molecule has 3 aromatic rings. The maximum atomic E-state index is 13.3. The first-order chi connectivity index (χ1) is 16.0. The zero-order valence-corrected chi connectivity index (χ0v) is 19.0. The quantitative estimate of drug-likeness (QED) is 0.600. The molecular formula is C24H26N4O4S. The number of anilines is 1. The van der Waals surface area contributed by atoms with Crippen molar-refractivity contribution in [3.05, 3.63) is 77.0 Å². The normalized spacial score (nSPS) is 17.5. The molecule has 33 heavy (non-hydrogen) atoms. The largest absolute Gasteiger partial charge is 0.381 e. The van der Waals surface area contributed by atoms with Crippen LogP contribution in [0, 0.1) is 0 Å². The van der Waals surface area contributed by atoms with Gasteiger partial charge < -0.3 is 10.1 Å². The number of nitrogens with zero attached hydrogens (tertiary/aromatic N) is 2. The molecule has 1 saturated heterocycles. The number of carbonyl (C=O) groups excluding carboxylic acids is 1. The van der Waals surface area contributed by atoms with Gasteiger partial charge in [-0.2, -0.15) is 9.40 Å². The summed E-state index contributed by atoms with van der Waals surface area (Å²) in [6.45, 7) is 2.18. The molecule has 172 valence electrons. The van der Waals surface area contributed by atoms with Crippen molar-refractivity contribution in [3.8, 4) is 0 Å². The highest BCUT2D eigenvalue weighted by Crippen LogP contribution is 2.28. The van der Waals surface area contributed by atoms with Crippen molar-refractivity contribution in [2.75, 3.05) is 25.1 Å². The first-order valence-electron chi connectivity index (χ1n) is 11.1. The zero-order chi connectivity index (χ0) is 22.8. The summed E-state index contributed by atoms with van der Waals surface area (Å²) in [4.78, 5) is 12.9. The summed E-state index contributed by atoms with van der Waals surface area (Å²) < 4.78 is 33.4. The lowest BCUT2D eigenvalue weighted by atomic mass is 9.97. The summed E-state index contributed by atoms with van der Waals surface area (Å²) >= 11 is 0. The van der Waals surface area contributed by atoms with E-state index in [-0.39, 0.29) is 10.5 Å². The van der Waals surface area contributed by atoms with Crippen LogP contribution in [0.2, 0.25) is 0 Å². The fourth-order valence-electron chi connectivity index (χ4n) is 4.43. The Labute approximate surface area is 193 Å². The molecule has 9 heteroatoms. The molecular weight excluding hydrogens is 440 g/mol. The summed E-state index contributed by atoms with van der Waals surface area (Å²) in [6, 6.07) is 15.9. The highest BCUT2D eigenvalue weighted by Gasteiger charge is 2.29. The zero-order valence-electron chi connectivity index (χ0n) is 18.2. The van der Waals surface area contributed by atoms with Crippen LogP contribution in [0.3, 0.4) is 0 Å². The van der Waals surface area contributed by atoms with E-state index in [0.717, 1.165) is 37.3 Å². The second kappa shape index (κ2) is 9.09. The van der Waals surface area contributed by atoms with Gasteiger partial charge in [-0.3, -0.25) is 9.89 Å². The Bertz CT molecular complexity index is 1260. The number of nitrogens with one attached hydrogen (secondary N) is 2. The number of amides is 1. The van der Waals surface area contributed by atoms with Gasteiger partial charge in [0.1, 0.15) is 0 Å². The second-order valence-corrected chi connectivity index (χ2v) is 10.4. The van der Waals surface area contributed by atoms with Crippen molar-refractivity contribution in [1.29, 1.82) is 0 Å². The summed E-state index contributed by atoms with van der Waals surface area (Å²) in [7, 11) is -3.72. The fourth-order valence-corrected chi connectivity index (χ4v) is 5.89. The van der Waals surface area contributed by atoms with E-state index in [1.807, 2.05) is 30.3 Å². The summed E-state index contributed by atoms with van der Waals surface area (Å²) in [5.74, 6) is 0.350. The smallest absolute Gasteiger partial charge is 0.256 e. The average molecular weight is 467 g/mol. The van der Waals surface area contributed by atoms with Crippen molar-refractivity contribution in [2.24, 2.45) is 0 Å². The molecule has 0 aliphatic carbocycles. The first kappa shape index (κ1) is 21.8. The van der Waals surface area contributed by atoms with Crippen LogP contribution < -0.4 is 5.32 Å². The second-order valence-electron chi connectivity index (χ2n) is 8.43. The number of aromatic nitrogens is 2. The molecule has 0 bridgehead atoms. The summed E-state index contributed by atoms with van der Waals surface area (Å²) in [6.07, 6.45) is 2.50. The molecule has 3 heterocycles. The maximum Gasteiger partial charge on any atom is 0.256 e. The molecule has 0 spiro atoms. The minimum absolute atomic E-state index is 0.111. The lowest BCUT2D eigenvalue weighted by Crippen LogP contribution is -2.36. The van der Waals surface area contributed by atoms with Crippen LogP contribution in [-0.4, -0.2) is 48.6 Å². The molecule has 0 unspecified atom stereocenters. The van der Waals surface area contributed by atoms with Crippen LogP contribution >= 0.6 is 0 Å². The number of fused-ring (bicyclic) bond motifs is 1. The molecule has 2 aromatic carbocycles. The van der Waals surface area contributed by atoms with E-state index in [2.05, 4.69) is 15.5 Å². The van der Waals surface area contributed by atoms with Crippen LogP contribution in [0.5, 0.6) is 0 Å². The number of benzene rings is 2. The Morgan fingerprint density at radius 1 is 1.06 bits per heavy atom. The van der Waals surface area contributed by atoms with Gasteiger partial charge in [-0.25, -0.2) is 8.42 Å². The van der Waals surface area contributed by atoms with Crippen LogP contribution in [0.1, 0.15) is 45.9 Å². The SMILES string of the molecule is O=C(Nc1cc(C2CCOCC2)[nH]n1)c1cccc(S(=O)(=O)N2CCc3ccccc3C2)c1. The van der Waals surface area contributed by atoms with Gasteiger partial charge in [-0.05, 0) is 48.6 Å². The third-order valence-corrected chi connectivity index (χ3v) is 8.17. The number of aromatic amines is 1. The van der Waals surface area contributed by atoms with Crippen molar-refractivity contribution in [1.82, 2.24) is 14.5 Å². The Kier molecular flexibility index (Phi) is 6.01. The number of sulfonamides is 1. The monoisotopic (exact) mass is 466 g/mol. The van der Waals surface area contributed by atoms with Crippen LogP contribution in [-0.2, 0) is 27.7 Å². The average Bonchev–Trinajstić information content (AvgIpc) is 3.33. The van der Waals surface area contributed by atoms with Crippen molar-refractivity contribution >= 4 is 21.7 Å². The summed E-state index contributed by atoms with van der Waals surface area (Å²) in [5.41, 5.74) is 3.43. The highest BCUT2D eigenvalue weighted by atomic mass is 32.2. The third-order valence-electron chi connectivity index (χ3n) is 6.33. The van der Waals surface area contributed by atoms with E-state index in [1.54, 1.807) is 12.1 Å². The van der Waals surface area contributed by atoms with Gasteiger partial charge in [0.05, 0.1) is 4.90 Å². The van der Waals surface area contributed by atoms with E-state index in [9.17, 15) is 13.2 Å². The Hall–Kier alpha value is -3.01. The number of ether oxygens (including phenoxy) is 1. The van der Waals surface area contributed by atoms with Gasteiger partial charge in [-0.15, -0.1) is 0 Å². The van der Waals surface area contributed by atoms with Crippen molar-refractivity contribution < 1.29 is 17.9 Å². The predicted molar refractivity (Wildman–Crippen MR) is 124 cm³/mol. The fraction of sp³-hybridized carbons (Fsp3) is 0.333. The molecule has 0 radical (unpaired) electrons. The molecule has 1 aromatic heterocycles. The molecule has 2 aliphatic rings. The standard InChI is InChI=1S/C24H26N4O4S/c29-24(25-23-15-22(26-27-23)18-9-12-32-13-10-18)19-6-3-7-21(14-19)33(30,31)28-11-8-17-4-1-2-5-20(17)16-28/h1-7,14-15,18H,8-13,16H2,(H2,25,26,27,29).